The summed E-state index contributed by atoms with van der Waals surface area (Å²) < 4.78 is 5.88. The first-order chi connectivity index (χ1) is 15.9. The van der Waals surface area contributed by atoms with Crippen molar-refractivity contribution in [1.29, 1.82) is 0 Å². The lowest BCUT2D eigenvalue weighted by Gasteiger charge is -2.31. The molecule has 1 aliphatic carbocycles. The number of carbonyl (C=O) groups is 2. The first kappa shape index (κ1) is 28.7. The van der Waals surface area contributed by atoms with Crippen LogP contribution in [0.5, 0.6) is 0 Å². The van der Waals surface area contributed by atoms with E-state index in [2.05, 4.69) is 39.9 Å². The number of nitrogens with zero attached hydrogens (tertiary/aromatic N) is 2. The maximum atomic E-state index is 13.2. The molecule has 0 radical (unpaired) electrons. The molecule has 0 atom stereocenters. The number of carbonyl (C=O) groups excluding carboxylic acids is 2. The minimum Gasteiger partial charge on any atom is -0.449 e. The number of benzene rings is 1. The van der Waals surface area contributed by atoms with E-state index in [-0.39, 0.29) is 42.4 Å². The van der Waals surface area contributed by atoms with E-state index >= 15 is 0 Å². The van der Waals surface area contributed by atoms with Crippen molar-refractivity contribution >= 4 is 76.4 Å². The maximum Gasteiger partial charge on any atom is 0.294 e. The Labute approximate surface area is 222 Å². The molecule has 0 saturated heterocycles. The summed E-state index contributed by atoms with van der Waals surface area (Å²) in [6.45, 7) is 0. The number of fused-ring (bicyclic) bond motifs is 1. The largest absolute Gasteiger partial charge is 0.449 e. The monoisotopic (exact) mass is 541 g/mol. The number of hydrogen-bond acceptors (Lipinski definition) is 6. The van der Waals surface area contributed by atoms with Crippen molar-refractivity contribution in [3.05, 3.63) is 47.3 Å². The Morgan fingerprint density at radius 2 is 1.77 bits per heavy atom. The Balaban J connectivity index is 0.00000216. The highest BCUT2D eigenvalue weighted by molar-refractivity contribution is 6.30. The van der Waals surface area contributed by atoms with Crippen LogP contribution in [-0.4, -0.2) is 48.9 Å². The molecule has 2 aromatic heterocycles. The number of amides is 2. The molecule has 8 nitrogen and oxygen atoms in total. The van der Waals surface area contributed by atoms with Crippen LogP contribution in [0, 0.1) is 5.92 Å². The Kier molecular flexibility index (Phi) is 10.2. The van der Waals surface area contributed by atoms with Crippen molar-refractivity contribution in [1.82, 2.24) is 9.88 Å². The van der Waals surface area contributed by atoms with Crippen LogP contribution in [0.4, 0.5) is 17.2 Å². The van der Waals surface area contributed by atoms with E-state index in [4.69, 9.17) is 16.0 Å². The zero-order valence-electron chi connectivity index (χ0n) is 19.8. The molecule has 11 heteroatoms. The van der Waals surface area contributed by atoms with Crippen molar-refractivity contribution < 1.29 is 14.0 Å². The number of hydrogen-bond donors (Lipinski definition) is 3. The standard InChI is InChI=1S/C24H28ClN5O3.2ClH/c1-26-16-7-10-19-18(12-16)21(29-23(31)14-4-8-17(9-5-14)30(2)3)22(33-19)24(32)28-20-11-6-15(25)13-27-20;;/h6-7,10-14,17,26H,4-5,8-9H2,1-3H3,(H,29,31)(H,27,28,32);2*1H. The van der Waals surface area contributed by atoms with Crippen molar-refractivity contribution in [2.45, 2.75) is 31.7 Å². The van der Waals surface area contributed by atoms with Gasteiger partial charge in [-0.3, -0.25) is 9.59 Å². The maximum absolute atomic E-state index is 13.2. The third-order valence-electron chi connectivity index (χ3n) is 6.20. The van der Waals surface area contributed by atoms with Crippen LogP contribution in [0.3, 0.4) is 0 Å². The molecular weight excluding hydrogens is 513 g/mol. The van der Waals surface area contributed by atoms with Gasteiger partial charge in [-0.15, -0.1) is 24.8 Å². The molecule has 3 aromatic rings. The topological polar surface area (TPSA) is 99.5 Å². The molecule has 1 fully saturated rings. The molecule has 0 spiro atoms. The predicted molar refractivity (Wildman–Crippen MR) is 146 cm³/mol. The molecule has 2 amide bonds. The van der Waals surface area contributed by atoms with Crippen molar-refractivity contribution in [2.24, 2.45) is 5.92 Å². The molecular formula is C24H30Cl3N5O3. The van der Waals surface area contributed by atoms with Crippen molar-refractivity contribution in [3.63, 3.8) is 0 Å². The SMILES string of the molecule is CNc1ccc2oc(C(=O)Nc3ccc(Cl)cn3)c(NC(=O)C3CCC(N(C)C)CC3)c2c1.Cl.Cl. The highest BCUT2D eigenvalue weighted by Crippen LogP contribution is 2.35. The second kappa shape index (κ2) is 12.4. The second-order valence-corrected chi connectivity index (χ2v) is 8.98. The van der Waals surface area contributed by atoms with Crippen molar-refractivity contribution in [3.8, 4) is 0 Å². The number of halogens is 3. The molecule has 0 bridgehead atoms. The van der Waals surface area contributed by atoms with E-state index in [1.807, 2.05) is 19.2 Å². The average Bonchev–Trinajstić information content (AvgIpc) is 3.18. The second-order valence-electron chi connectivity index (χ2n) is 8.54. The number of nitrogens with one attached hydrogen (secondary N) is 3. The summed E-state index contributed by atoms with van der Waals surface area (Å²) in [6, 6.07) is 9.21. The summed E-state index contributed by atoms with van der Waals surface area (Å²) in [5, 5.41) is 9.91. The normalized spacial score (nSPS) is 17.3. The van der Waals surface area contributed by atoms with Gasteiger partial charge in [0.2, 0.25) is 11.7 Å². The summed E-state index contributed by atoms with van der Waals surface area (Å²) in [7, 11) is 5.95. The van der Waals surface area contributed by atoms with Gasteiger partial charge >= 0.3 is 0 Å². The van der Waals surface area contributed by atoms with E-state index in [0.717, 1.165) is 31.4 Å². The quantitative estimate of drug-likeness (QED) is 0.371. The first-order valence-corrected chi connectivity index (χ1v) is 11.4. The zero-order valence-corrected chi connectivity index (χ0v) is 22.1. The van der Waals surface area contributed by atoms with Gasteiger partial charge in [-0.1, -0.05) is 11.6 Å². The zero-order chi connectivity index (χ0) is 23.5. The number of aromatic nitrogens is 1. The molecule has 0 aliphatic heterocycles. The summed E-state index contributed by atoms with van der Waals surface area (Å²) in [4.78, 5) is 32.6. The average molecular weight is 543 g/mol. The molecule has 190 valence electrons. The van der Waals surface area contributed by atoms with Crippen LogP contribution in [0.25, 0.3) is 11.0 Å². The van der Waals surface area contributed by atoms with E-state index in [0.29, 0.717) is 33.5 Å². The summed E-state index contributed by atoms with van der Waals surface area (Å²) >= 11 is 5.88. The minimum absolute atomic E-state index is 0. The summed E-state index contributed by atoms with van der Waals surface area (Å²) in [5.74, 6) is -0.333. The lowest BCUT2D eigenvalue weighted by molar-refractivity contribution is -0.121. The highest BCUT2D eigenvalue weighted by Gasteiger charge is 2.30. The smallest absolute Gasteiger partial charge is 0.294 e. The summed E-state index contributed by atoms with van der Waals surface area (Å²) in [6.07, 6.45) is 5.00. The minimum atomic E-state index is -0.501. The molecule has 0 unspecified atom stereocenters. The fraction of sp³-hybridized carbons (Fsp3) is 0.375. The Morgan fingerprint density at radius 1 is 1.06 bits per heavy atom. The summed E-state index contributed by atoms with van der Waals surface area (Å²) in [5.41, 5.74) is 1.72. The van der Waals surface area contributed by atoms with Gasteiger partial charge in [0.05, 0.1) is 5.02 Å². The van der Waals surface area contributed by atoms with Crippen LogP contribution in [0.15, 0.2) is 40.9 Å². The van der Waals surface area contributed by atoms with Gasteiger partial charge in [0, 0.05) is 36.3 Å². The highest BCUT2D eigenvalue weighted by atomic mass is 35.5. The Bertz CT molecular complexity index is 1160. The van der Waals surface area contributed by atoms with Gasteiger partial charge in [0.1, 0.15) is 17.1 Å². The van der Waals surface area contributed by atoms with E-state index in [9.17, 15) is 9.59 Å². The van der Waals surface area contributed by atoms with Crippen LogP contribution in [0.1, 0.15) is 36.2 Å². The third kappa shape index (κ3) is 6.58. The number of rotatable bonds is 6. The molecule has 3 N–H and O–H groups in total. The van der Waals surface area contributed by atoms with E-state index in [1.54, 1.807) is 18.2 Å². The fourth-order valence-electron chi connectivity index (χ4n) is 4.24. The number of anilines is 3. The van der Waals surface area contributed by atoms with Crippen LogP contribution >= 0.6 is 36.4 Å². The fourth-order valence-corrected chi connectivity index (χ4v) is 4.35. The number of furan rings is 1. The molecule has 1 aliphatic rings. The third-order valence-corrected chi connectivity index (χ3v) is 6.42. The predicted octanol–water partition coefficient (Wildman–Crippen LogP) is 5.68. The van der Waals surface area contributed by atoms with Crippen LogP contribution in [-0.2, 0) is 4.79 Å². The first-order valence-electron chi connectivity index (χ1n) is 11.0. The van der Waals surface area contributed by atoms with Crippen molar-refractivity contribution in [2.75, 3.05) is 37.1 Å². The van der Waals surface area contributed by atoms with Gasteiger partial charge in [0.15, 0.2) is 0 Å². The molecule has 35 heavy (non-hydrogen) atoms. The lowest BCUT2D eigenvalue weighted by Crippen LogP contribution is -2.35. The van der Waals surface area contributed by atoms with Gasteiger partial charge in [-0.2, -0.15) is 0 Å². The molecule has 4 rings (SSSR count). The van der Waals surface area contributed by atoms with E-state index in [1.165, 1.54) is 6.20 Å². The molecule has 1 saturated carbocycles. The molecule has 1 aromatic carbocycles. The van der Waals surface area contributed by atoms with Crippen LogP contribution < -0.4 is 16.0 Å². The molecule has 2 heterocycles. The lowest BCUT2D eigenvalue weighted by atomic mass is 9.85. The van der Waals surface area contributed by atoms with Gasteiger partial charge in [-0.05, 0) is 70.1 Å². The van der Waals surface area contributed by atoms with Gasteiger partial charge in [0.25, 0.3) is 5.91 Å². The van der Waals surface area contributed by atoms with Crippen LogP contribution in [0.2, 0.25) is 5.02 Å². The van der Waals surface area contributed by atoms with E-state index < -0.39 is 5.91 Å². The Morgan fingerprint density at radius 3 is 2.37 bits per heavy atom. The van der Waals surface area contributed by atoms with Gasteiger partial charge in [-0.25, -0.2) is 4.98 Å². The van der Waals surface area contributed by atoms with Gasteiger partial charge < -0.3 is 25.3 Å². The number of pyridine rings is 1. The Hall–Kier alpha value is -2.52.